The number of fused-ring (bicyclic) bond motifs is 1. The van der Waals surface area contributed by atoms with Crippen molar-refractivity contribution in [2.75, 3.05) is 0 Å². The summed E-state index contributed by atoms with van der Waals surface area (Å²) >= 11 is 5.21. The number of benzene rings is 2. The van der Waals surface area contributed by atoms with Gasteiger partial charge in [0.05, 0.1) is 11.8 Å². The van der Waals surface area contributed by atoms with Gasteiger partial charge in [-0.1, -0.05) is 42.5 Å². The predicted molar refractivity (Wildman–Crippen MR) is 97.4 cm³/mol. The topological polar surface area (TPSA) is 41.6 Å². The highest BCUT2D eigenvalue weighted by molar-refractivity contribution is 7.80. The third kappa shape index (κ3) is 2.63. The van der Waals surface area contributed by atoms with E-state index in [9.17, 15) is 0 Å². The van der Waals surface area contributed by atoms with Crippen LogP contribution in [-0.2, 0) is 12.8 Å². The molecule has 2 aliphatic rings. The minimum absolute atomic E-state index is 0.0944. The van der Waals surface area contributed by atoms with Gasteiger partial charge in [-0.2, -0.15) is 5.10 Å². The molecule has 1 aliphatic heterocycles. The summed E-state index contributed by atoms with van der Waals surface area (Å²) in [4.78, 5) is 0. The van der Waals surface area contributed by atoms with Crippen molar-refractivity contribution in [2.24, 2.45) is 10.8 Å². The zero-order valence-corrected chi connectivity index (χ0v) is 13.7. The van der Waals surface area contributed by atoms with Crippen LogP contribution in [0.5, 0.6) is 0 Å². The van der Waals surface area contributed by atoms with Crippen LogP contribution in [0.4, 0.5) is 0 Å². The van der Waals surface area contributed by atoms with Crippen LogP contribution in [0.15, 0.2) is 53.6 Å². The zero-order valence-electron chi connectivity index (χ0n) is 12.9. The van der Waals surface area contributed by atoms with E-state index in [2.05, 4.69) is 30.3 Å². The molecular formula is C19H19N3S. The number of thiocarbonyl (C=S) groups is 1. The van der Waals surface area contributed by atoms with Crippen LogP contribution in [0.1, 0.15) is 41.1 Å². The first-order chi connectivity index (χ1) is 11.2. The summed E-state index contributed by atoms with van der Waals surface area (Å²) in [7, 11) is 0. The number of hydrazone groups is 1. The van der Waals surface area contributed by atoms with Gasteiger partial charge < -0.3 is 5.73 Å². The number of nitrogens with zero attached hydrogens (tertiary/aromatic N) is 2. The number of nitrogens with two attached hydrogens (primary N) is 1. The predicted octanol–water partition coefficient (Wildman–Crippen LogP) is 3.57. The molecule has 2 aromatic carbocycles. The maximum absolute atomic E-state index is 5.91. The van der Waals surface area contributed by atoms with Gasteiger partial charge in [-0.15, -0.1) is 0 Å². The molecule has 3 nitrogen and oxygen atoms in total. The lowest BCUT2D eigenvalue weighted by Crippen LogP contribution is -2.31. The smallest absolute Gasteiger partial charge is 0.187 e. The first-order valence-electron chi connectivity index (χ1n) is 8.05. The van der Waals surface area contributed by atoms with Crippen LogP contribution in [-0.4, -0.2) is 15.8 Å². The fourth-order valence-corrected chi connectivity index (χ4v) is 3.74. The molecule has 1 heterocycles. The third-order valence-corrected chi connectivity index (χ3v) is 4.94. The van der Waals surface area contributed by atoms with Crippen LogP contribution < -0.4 is 5.73 Å². The van der Waals surface area contributed by atoms with Crippen molar-refractivity contribution < 1.29 is 0 Å². The second-order valence-electron chi connectivity index (χ2n) is 6.20. The van der Waals surface area contributed by atoms with Gasteiger partial charge >= 0.3 is 0 Å². The minimum Gasteiger partial charge on any atom is -0.375 e. The Labute approximate surface area is 141 Å². The Morgan fingerprint density at radius 3 is 2.65 bits per heavy atom. The lowest BCUT2D eigenvalue weighted by molar-refractivity contribution is 0.373. The van der Waals surface area contributed by atoms with E-state index in [1.54, 1.807) is 5.01 Å². The summed E-state index contributed by atoms with van der Waals surface area (Å²) in [6, 6.07) is 17.2. The van der Waals surface area contributed by atoms with E-state index in [1.165, 1.54) is 41.5 Å². The van der Waals surface area contributed by atoms with E-state index in [0.717, 1.165) is 12.1 Å². The highest BCUT2D eigenvalue weighted by Crippen LogP contribution is 2.33. The molecule has 4 rings (SSSR count). The zero-order chi connectivity index (χ0) is 15.8. The molecule has 0 spiro atoms. The van der Waals surface area contributed by atoms with Crippen molar-refractivity contribution in [2.45, 2.75) is 31.7 Å². The van der Waals surface area contributed by atoms with E-state index >= 15 is 0 Å². The van der Waals surface area contributed by atoms with Gasteiger partial charge in [0.1, 0.15) is 0 Å². The molecule has 116 valence electrons. The Kier molecular flexibility index (Phi) is 3.62. The quantitative estimate of drug-likeness (QED) is 0.860. The minimum atomic E-state index is 0.0944. The van der Waals surface area contributed by atoms with Crippen molar-refractivity contribution in [3.63, 3.8) is 0 Å². The average Bonchev–Trinajstić information content (AvgIpc) is 3.22. The second kappa shape index (κ2) is 5.78. The van der Waals surface area contributed by atoms with Crippen LogP contribution in [0, 0.1) is 0 Å². The fourth-order valence-electron chi connectivity index (χ4n) is 3.57. The second-order valence-corrected chi connectivity index (χ2v) is 6.62. The molecule has 4 heteroatoms. The van der Waals surface area contributed by atoms with Crippen LogP contribution >= 0.6 is 12.2 Å². The normalized spacial score (nSPS) is 19.6. The molecule has 0 unspecified atom stereocenters. The van der Waals surface area contributed by atoms with E-state index in [-0.39, 0.29) is 6.04 Å². The van der Waals surface area contributed by atoms with Crippen LogP contribution in [0.25, 0.3) is 0 Å². The van der Waals surface area contributed by atoms with Gasteiger partial charge in [-0.25, -0.2) is 5.01 Å². The summed E-state index contributed by atoms with van der Waals surface area (Å²) in [5, 5.41) is 6.84. The van der Waals surface area contributed by atoms with E-state index < -0.39 is 0 Å². The standard InChI is InChI=1S/C19H19N3S/c20-19(23)22-18(14-5-2-1-3-6-14)12-17(21-22)16-10-9-13-7-4-8-15(13)11-16/h1-3,5-6,9-11,18H,4,7-8,12H2,(H2,20,23)/t18-/m0/s1. The molecule has 0 saturated carbocycles. The molecule has 2 N–H and O–H groups in total. The molecule has 1 aliphatic carbocycles. The molecular weight excluding hydrogens is 302 g/mol. The van der Waals surface area contributed by atoms with Gasteiger partial charge in [0.15, 0.2) is 5.11 Å². The molecule has 23 heavy (non-hydrogen) atoms. The van der Waals surface area contributed by atoms with Gasteiger partial charge in [-0.05, 0) is 59.8 Å². The summed E-state index contributed by atoms with van der Waals surface area (Å²) in [6.45, 7) is 0. The number of hydrogen-bond donors (Lipinski definition) is 1. The maximum Gasteiger partial charge on any atom is 0.187 e. The monoisotopic (exact) mass is 321 g/mol. The summed E-state index contributed by atoms with van der Waals surface area (Å²) < 4.78 is 0. The third-order valence-electron chi connectivity index (χ3n) is 4.75. The van der Waals surface area contributed by atoms with Crippen molar-refractivity contribution in [3.8, 4) is 0 Å². The van der Waals surface area contributed by atoms with Crippen LogP contribution in [0.3, 0.4) is 0 Å². The molecule has 1 atom stereocenters. The molecule has 2 aromatic rings. The van der Waals surface area contributed by atoms with E-state index in [4.69, 9.17) is 23.1 Å². The molecule has 0 saturated heterocycles. The van der Waals surface area contributed by atoms with Gasteiger partial charge in [0.25, 0.3) is 0 Å². The fraction of sp³-hybridized carbons (Fsp3) is 0.263. The highest BCUT2D eigenvalue weighted by atomic mass is 32.1. The SMILES string of the molecule is NC(=S)N1N=C(c2ccc3c(c2)CCC3)C[C@H]1c1ccccc1. The lowest BCUT2D eigenvalue weighted by atomic mass is 9.96. The highest BCUT2D eigenvalue weighted by Gasteiger charge is 2.30. The van der Waals surface area contributed by atoms with Crippen LogP contribution in [0.2, 0.25) is 0 Å². The summed E-state index contributed by atoms with van der Waals surface area (Å²) in [5.41, 5.74) is 12.3. The molecule has 0 fully saturated rings. The van der Waals surface area contributed by atoms with Crippen molar-refractivity contribution in [1.82, 2.24) is 5.01 Å². The molecule has 0 bridgehead atoms. The van der Waals surface area contributed by atoms with Crippen molar-refractivity contribution in [1.29, 1.82) is 0 Å². The van der Waals surface area contributed by atoms with Crippen molar-refractivity contribution >= 4 is 23.0 Å². The van der Waals surface area contributed by atoms with Gasteiger partial charge in [0, 0.05) is 6.42 Å². The molecule has 0 aromatic heterocycles. The number of hydrogen-bond acceptors (Lipinski definition) is 2. The average molecular weight is 321 g/mol. The molecule has 0 amide bonds. The Hall–Kier alpha value is -2.20. The first-order valence-corrected chi connectivity index (χ1v) is 8.46. The number of rotatable bonds is 2. The molecule has 0 radical (unpaired) electrons. The van der Waals surface area contributed by atoms with E-state index in [1.807, 2.05) is 18.2 Å². The Morgan fingerprint density at radius 1 is 1.09 bits per heavy atom. The Bertz CT molecular complexity index is 782. The lowest BCUT2D eigenvalue weighted by Gasteiger charge is -2.21. The first kappa shape index (κ1) is 14.4. The summed E-state index contributed by atoms with van der Waals surface area (Å²) in [6.07, 6.45) is 4.47. The Morgan fingerprint density at radius 2 is 1.87 bits per heavy atom. The van der Waals surface area contributed by atoms with Gasteiger partial charge in [0.2, 0.25) is 0 Å². The number of aryl methyl sites for hydroxylation is 2. The largest absolute Gasteiger partial charge is 0.375 e. The summed E-state index contributed by atoms with van der Waals surface area (Å²) in [5.74, 6) is 0. The maximum atomic E-state index is 5.91. The van der Waals surface area contributed by atoms with Gasteiger partial charge in [-0.3, -0.25) is 0 Å². The van der Waals surface area contributed by atoms with Crippen molar-refractivity contribution in [3.05, 3.63) is 70.8 Å². The Balaban J connectivity index is 1.68. The van der Waals surface area contributed by atoms with E-state index in [0.29, 0.717) is 5.11 Å².